The predicted molar refractivity (Wildman–Crippen MR) is 94.5 cm³/mol. The third-order valence-corrected chi connectivity index (χ3v) is 5.61. The Hall–Kier alpha value is -1.50. The fraction of sp³-hybridized carbons (Fsp3) is 0.684. The molecule has 2 aliphatic heterocycles. The normalized spacial score (nSPS) is 28.6. The molecule has 1 unspecified atom stereocenters. The van der Waals surface area contributed by atoms with Gasteiger partial charge in [-0.1, -0.05) is 6.08 Å². The maximum Gasteiger partial charge on any atom is 0.170 e. The van der Waals surface area contributed by atoms with Crippen molar-refractivity contribution < 1.29 is 14.3 Å². The lowest BCUT2D eigenvalue weighted by molar-refractivity contribution is -0.0395. The van der Waals surface area contributed by atoms with Gasteiger partial charge in [0, 0.05) is 37.5 Å². The van der Waals surface area contributed by atoms with Crippen LogP contribution in [0.15, 0.2) is 12.3 Å². The zero-order valence-electron chi connectivity index (χ0n) is 14.7. The van der Waals surface area contributed by atoms with E-state index in [4.69, 9.17) is 9.47 Å². The van der Waals surface area contributed by atoms with Gasteiger partial charge in [0.2, 0.25) is 0 Å². The summed E-state index contributed by atoms with van der Waals surface area (Å²) in [5.74, 6) is 0. The molecule has 0 saturated carbocycles. The zero-order valence-corrected chi connectivity index (χ0v) is 14.7. The number of carbonyl (C=O) groups excluding carboxylic acids is 1. The van der Waals surface area contributed by atoms with Crippen LogP contribution in [-0.2, 0) is 9.47 Å². The van der Waals surface area contributed by atoms with Crippen LogP contribution in [0.1, 0.15) is 60.8 Å². The maximum absolute atomic E-state index is 11.5. The van der Waals surface area contributed by atoms with Gasteiger partial charge in [-0.15, -0.1) is 0 Å². The van der Waals surface area contributed by atoms with E-state index in [0.29, 0.717) is 11.7 Å². The van der Waals surface area contributed by atoms with Crippen molar-refractivity contribution in [3.63, 3.8) is 0 Å². The summed E-state index contributed by atoms with van der Waals surface area (Å²) in [6, 6.07) is 0.601. The van der Waals surface area contributed by atoms with Crippen LogP contribution in [0.2, 0.25) is 0 Å². The fourth-order valence-corrected chi connectivity index (χ4v) is 4.16. The van der Waals surface area contributed by atoms with Crippen LogP contribution in [0.4, 0.5) is 0 Å². The van der Waals surface area contributed by atoms with Crippen molar-refractivity contribution in [1.82, 2.24) is 14.7 Å². The van der Waals surface area contributed by atoms with Crippen LogP contribution in [0.3, 0.4) is 0 Å². The Morgan fingerprint density at radius 2 is 2.04 bits per heavy atom. The number of nitrogens with zero attached hydrogens (tertiary/aromatic N) is 3. The molecule has 2 atom stereocenters. The van der Waals surface area contributed by atoms with Gasteiger partial charge in [0.05, 0.1) is 13.2 Å². The topological polar surface area (TPSA) is 56.6 Å². The van der Waals surface area contributed by atoms with Gasteiger partial charge in [0.25, 0.3) is 0 Å². The Kier molecular flexibility index (Phi) is 5.29. The molecule has 1 aromatic rings. The minimum absolute atomic E-state index is 0.0218. The fourth-order valence-electron chi connectivity index (χ4n) is 4.16. The molecule has 0 spiro atoms. The molecule has 3 heterocycles. The molecular weight excluding hydrogens is 318 g/mol. The second-order valence-corrected chi connectivity index (χ2v) is 7.15. The number of hydrogen-bond donors (Lipinski definition) is 0. The molecular formula is C19H27N3O3. The van der Waals surface area contributed by atoms with E-state index in [1.807, 2.05) is 10.9 Å². The number of aldehydes is 1. The number of ether oxygens (including phenoxy) is 2. The van der Waals surface area contributed by atoms with Crippen LogP contribution in [0.25, 0.3) is 5.57 Å². The van der Waals surface area contributed by atoms with Crippen LogP contribution in [-0.4, -0.2) is 59.9 Å². The summed E-state index contributed by atoms with van der Waals surface area (Å²) in [6.07, 6.45) is 11.6. The monoisotopic (exact) mass is 345 g/mol. The van der Waals surface area contributed by atoms with Crippen molar-refractivity contribution in [3.05, 3.63) is 23.5 Å². The smallest absolute Gasteiger partial charge is 0.170 e. The van der Waals surface area contributed by atoms with E-state index in [9.17, 15) is 4.79 Å². The summed E-state index contributed by atoms with van der Waals surface area (Å²) in [5, 5.41) is 4.49. The van der Waals surface area contributed by atoms with Crippen molar-refractivity contribution in [2.24, 2.45) is 0 Å². The molecule has 2 fully saturated rings. The molecule has 1 aromatic heterocycles. The van der Waals surface area contributed by atoms with E-state index >= 15 is 0 Å². The Bertz CT molecular complexity index is 628. The molecule has 2 saturated heterocycles. The van der Waals surface area contributed by atoms with Gasteiger partial charge in [-0.2, -0.15) is 5.10 Å². The van der Waals surface area contributed by atoms with Gasteiger partial charge in [-0.3, -0.25) is 9.69 Å². The third-order valence-electron chi connectivity index (χ3n) is 5.61. The highest BCUT2D eigenvalue weighted by Gasteiger charge is 2.26. The quantitative estimate of drug-likeness (QED) is 0.785. The van der Waals surface area contributed by atoms with Crippen LogP contribution in [0, 0.1) is 0 Å². The first-order valence-electron chi connectivity index (χ1n) is 9.52. The van der Waals surface area contributed by atoms with E-state index in [2.05, 4.69) is 16.1 Å². The van der Waals surface area contributed by atoms with E-state index in [-0.39, 0.29) is 6.23 Å². The highest BCUT2D eigenvalue weighted by atomic mass is 16.5. The molecule has 25 heavy (non-hydrogen) atoms. The molecule has 6 heteroatoms. The second kappa shape index (κ2) is 7.81. The van der Waals surface area contributed by atoms with E-state index in [0.717, 1.165) is 83.3 Å². The molecule has 3 aliphatic rings. The number of carbonyl (C=O) groups is 1. The summed E-state index contributed by atoms with van der Waals surface area (Å²) >= 11 is 0. The van der Waals surface area contributed by atoms with Crippen LogP contribution >= 0.6 is 0 Å². The molecule has 0 aromatic carbocycles. The summed E-state index contributed by atoms with van der Waals surface area (Å²) in [5.41, 5.74) is 2.79. The van der Waals surface area contributed by atoms with Crippen LogP contribution in [0.5, 0.6) is 0 Å². The average molecular weight is 345 g/mol. The van der Waals surface area contributed by atoms with Crippen molar-refractivity contribution in [2.75, 3.05) is 32.9 Å². The minimum Gasteiger partial charge on any atom is -0.379 e. The van der Waals surface area contributed by atoms with Gasteiger partial charge in [-0.25, -0.2) is 4.68 Å². The highest BCUT2D eigenvalue weighted by molar-refractivity contribution is 5.83. The second-order valence-electron chi connectivity index (χ2n) is 7.15. The average Bonchev–Trinajstić information content (AvgIpc) is 3.14. The Balaban J connectivity index is 1.48. The van der Waals surface area contributed by atoms with E-state index < -0.39 is 0 Å². The number of morpholine rings is 1. The molecule has 136 valence electrons. The molecule has 4 rings (SSSR count). The van der Waals surface area contributed by atoms with E-state index in [1.165, 1.54) is 5.57 Å². The standard InChI is InChI=1S/C19H27N3O3/c23-14-18-17(13-22(20-18)19-3-1-2-10-25-19)15-4-6-16(7-5-15)21-8-11-24-12-9-21/h4,13-14,16,19H,1-3,5-12H2/t16?,19-/m1/s1. The minimum atomic E-state index is -0.0218. The Morgan fingerprint density at radius 3 is 2.72 bits per heavy atom. The summed E-state index contributed by atoms with van der Waals surface area (Å²) < 4.78 is 13.1. The van der Waals surface area contributed by atoms with Gasteiger partial charge in [0.15, 0.2) is 6.29 Å². The van der Waals surface area contributed by atoms with Crippen molar-refractivity contribution in [1.29, 1.82) is 0 Å². The molecule has 0 bridgehead atoms. The summed E-state index contributed by atoms with van der Waals surface area (Å²) in [7, 11) is 0. The van der Waals surface area contributed by atoms with Gasteiger partial charge in [-0.05, 0) is 44.1 Å². The third kappa shape index (κ3) is 3.71. The summed E-state index contributed by atoms with van der Waals surface area (Å²) in [6.45, 7) is 4.53. The van der Waals surface area contributed by atoms with Crippen molar-refractivity contribution >= 4 is 11.9 Å². The lowest BCUT2D eigenvalue weighted by atomic mass is 9.90. The zero-order chi connectivity index (χ0) is 17.1. The largest absolute Gasteiger partial charge is 0.379 e. The van der Waals surface area contributed by atoms with Crippen LogP contribution < -0.4 is 0 Å². The Morgan fingerprint density at radius 1 is 1.16 bits per heavy atom. The molecule has 0 N–H and O–H groups in total. The first-order chi connectivity index (χ1) is 12.3. The molecule has 6 nitrogen and oxygen atoms in total. The lowest BCUT2D eigenvalue weighted by Gasteiger charge is -2.36. The SMILES string of the molecule is O=Cc1nn([C@H]2CCCCO2)cc1C1=CCC(N2CCOCC2)CC1. The van der Waals surface area contributed by atoms with Crippen molar-refractivity contribution in [3.8, 4) is 0 Å². The molecule has 0 amide bonds. The molecule has 0 radical (unpaired) electrons. The Labute approximate surface area is 148 Å². The number of hydrogen-bond acceptors (Lipinski definition) is 5. The maximum atomic E-state index is 11.5. The van der Waals surface area contributed by atoms with Gasteiger partial charge >= 0.3 is 0 Å². The first-order valence-corrected chi connectivity index (χ1v) is 9.52. The van der Waals surface area contributed by atoms with Gasteiger partial charge < -0.3 is 9.47 Å². The molecule has 1 aliphatic carbocycles. The number of aromatic nitrogens is 2. The number of allylic oxidation sites excluding steroid dienone is 1. The first kappa shape index (κ1) is 16.9. The number of rotatable bonds is 4. The lowest BCUT2D eigenvalue weighted by Crippen LogP contribution is -2.43. The highest BCUT2D eigenvalue weighted by Crippen LogP contribution is 2.32. The summed E-state index contributed by atoms with van der Waals surface area (Å²) in [4.78, 5) is 14.1. The predicted octanol–water partition coefficient (Wildman–Crippen LogP) is 2.66. The van der Waals surface area contributed by atoms with E-state index in [1.54, 1.807) is 0 Å². The van der Waals surface area contributed by atoms with Gasteiger partial charge in [0.1, 0.15) is 11.9 Å². The van der Waals surface area contributed by atoms with Crippen molar-refractivity contribution in [2.45, 2.75) is 50.8 Å².